The Labute approximate surface area is 101 Å². The van der Waals surface area contributed by atoms with Crippen LogP contribution in [-0.2, 0) is 6.18 Å². The number of nitrogens with one attached hydrogen (secondary N) is 1. The Kier molecular flexibility index (Phi) is 4.15. The van der Waals surface area contributed by atoms with Gasteiger partial charge in [-0.2, -0.15) is 13.2 Å². The summed E-state index contributed by atoms with van der Waals surface area (Å²) >= 11 is 0. The van der Waals surface area contributed by atoms with Crippen LogP contribution in [0.25, 0.3) is 0 Å². The van der Waals surface area contributed by atoms with Gasteiger partial charge in [-0.1, -0.05) is 6.92 Å². The summed E-state index contributed by atoms with van der Waals surface area (Å²) in [6, 6.07) is 2.29. The second-order valence-electron chi connectivity index (χ2n) is 3.61. The maximum absolute atomic E-state index is 13.0. The van der Waals surface area contributed by atoms with Crippen molar-refractivity contribution in [2.45, 2.75) is 25.6 Å². The molecule has 1 atom stereocenters. The number of benzene rings is 1. The van der Waals surface area contributed by atoms with Crippen LogP contribution in [0.1, 0.15) is 18.9 Å². The number of hydrogen-bond donors (Lipinski definition) is 2. The number of halogens is 4. The molecule has 0 radical (unpaired) electrons. The summed E-state index contributed by atoms with van der Waals surface area (Å²) in [5.74, 6) is -1.84. The number of ether oxygens (including phenoxy) is 1. The molecular weight excluding hydrogens is 252 g/mol. The Morgan fingerprint density at radius 3 is 2.50 bits per heavy atom. The second-order valence-corrected chi connectivity index (χ2v) is 3.61. The lowest BCUT2D eigenvalue weighted by atomic mass is 10.2. The fourth-order valence-electron chi connectivity index (χ4n) is 1.33. The molecule has 1 rings (SSSR count). The predicted octanol–water partition coefficient (Wildman–Crippen LogP) is 2.94. The summed E-state index contributed by atoms with van der Waals surface area (Å²) in [5.41, 5.74) is 3.81. The van der Waals surface area contributed by atoms with E-state index in [-0.39, 0.29) is 11.6 Å². The van der Waals surface area contributed by atoms with Crippen molar-refractivity contribution in [2.75, 3.05) is 0 Å². The molecule has 3 nitrogen and oxygen atoms in total. The molecule has 0 amide bonds. The van der Waals surface area contributed by atoms with Gasteiger partial charge in [-0.15, -0.1) is 0 Å². The average Bonchev–Trinajstić information content (AvgIpc) is 2.25. The molecule has 3 N–H and O–H groups in total. The van der Waals surface area contributed by atoms with Crippen LogP contribution in [0.15, 0.2) is 18.2 Å². The van der Waals surface area contributed by atoms with Crippen LogP contribution in [-0.4, -0.2) is 11.9 Å². The molecule has 0 aromatic heterocycles. The molecule has 0 saturated heterocycles. The summed E-state index contributed by atoms with van der Waals surface area (Å²) in [6.07, 6.45) is -5.29. The highest BCUT2D eigenvalue weighted by Crippen LogP contribution is 2.33. The Morgan fingerprint density at radius 1 is 1.44 bits per heavy atom. The van der Waals surface area contributed by atoms with Crippen LogP contribution in [0, 0.1) is 11.2 Å². The van der Waals surface area contributed by atoms with Gasteiger partial charge < -0.3 is 10.5 Å². The Morgan fingerprint density at radius 2 is 2.06 bits per heavy atom. The Balaban J connectivity index is 3.02. The molecule has 0 bridgehead atoms. The fraction of sp³-hybridized carbons (Fsp3) is 0.364. The van der Waals surface area contributed by atoms with Crippen molar-refractivity contribution in [3.8, 4) is 5.75 Å². The van der Waals surface area contributed by atoms with Crippen LogP contribution >= 0.6 is 0 Å². The van der Waals surface area contributed by atoms with Crippen LogP contribution < -0.4 is 10.5 Å². The highest BCUT2D eigenvalue weighted by atomic mass is 19.4. The van der Waals surface area contributed by atoms with E-state index in [0.717, 1.165) is 6.07 Å². The van der Waals surface area contributed by atoms with E-state index in [9.17, 15) is 17.6 Å². The zero-order valence-corrected chi connectivity index (χ0v) is 9.51. The minimum absolute atomic E-state index is 0.175. The highest BCUT2D eigenvalue weighted by Gasteiger charge is 2.34. The minimum Gasteiger partial charge on any atom is -0.483 e. The van der Waals surface area contributed by atoms with E-state index in [2.05, 4.69) is 0 Å². The van der Waals surface area contributed by atoms with E-state index in [1.807, 2.05) is 0 Å². The van der Waals surface area contributed by atoms with Gasteiger partial charge in [-0.05, 0) is 24.6 Å². The first-order chi connectivity index (χ1) is 8.25. The number of alkyl halides is 3. The van der Waals surface area contributed by atoms with E-state index < -0.39 is 23.7 Å². The van der Waals surface area contributed by atoms with Crippen molar-refractivity contribution < 1.29 is 22.3 Å². The van der Waals surface area contributed by atoms with Gasteiger partial charge in [0.15, 0.2) is 6.10 Å². The first kappa shape index (κ1) is 14.3. The van der Waals surface area contributed by atoms with Gasteiger partial charge in [-0.25, -0.2) is 4.39 Å². The molecule has 0 aliphatic heterocycles. The van der Waals surface area contributed by atoms with Gasteiger partial charge in [0, 0.05) is 0 Å². The molecule has 100 valence electrons. The SMILES string of the molecule is CCC(Oc1ccc(F)c(C(F)(F)F)c1)C(=N)N. The van der Waals surface area contributed by atoms with Crippen molar-refractivity contribution in [3.05, 3.63) is 29.6 Å². The van der Waals surface area contributed by atoms with E-state index in [0.29, 0.717) is 18.6 Å². The lowest BCUT2D eigenvalue weighted by molar-refractivity contribution is -0.140. The average molecular weight is 264 g/mol. The molecule has 1 aromatic carbocycles. The first-order valence-corrected chi connectivity index (χ1v) is 5.13. The molecule has 1 aromatic rings. The number of rotatable bonds is 4. The van der Waals surface area contributed by atoms with Crippen molar-refractivity contribution in [3.63, 3.8) is 0 Å². The van der Waals surface area contributed by atoms with Crippen molar-refractivity contribution in [1.82, 2.24) is 0 Å². The minimum atomic E-state index is -4.79. The molecule has 0 saturated carbocycles. The number of nitrogens with two attached hydrogens (primary N) is 1. The summed E-state index contributed by atoms with van der Waals surface area (Å²) in [6.45, 7) is 1.67. The van der Waals surface area contributed by atoms with E-state index in [1.165, 1.54) is 0 Å². The van der Waals surface area contributed by atoms with Crippen molar-refractivity contribution >= 4 is 5.84 Å². The quantitative estimate of drug-likeness (QED) is 0.499. The zero-order chi connectivity index (χ0) is 13.9. The van der Waals surface area contributed by atoms with Crippen LogP contribution in [0.2, 0.25) is 0 Å². The molecule has 0 aliphatic carbocycles. The molecule has 0 spiro atoms. The lowest BCUT2D eigenvalue weighted by Crippen LogP contribution is -2.32. The molecule has 1 unspecified atom stereocenters. The second kappa shape index (κ2) is 5.24. The standard InChI is InChI=1S/C11H12F4N2O/c1-2-9(10(16)17)18-6-3-4-8(12)7(5-6)11(13,14)15/h3-5,9H,2H2,1H3,(H3,16,17). The van der Waals surface area contributed by atoms with Gasteiger partial charge in [-0.3, -0.25) is 5.41 Å². The maximum Gasteiger partial charge on any atom is 0.419 e. The topological polar surface area (TPSA) is 59.1 Å². The number of amidine groups is 1. The predicted molar refractivity (Wildman–Crippen MR) is 58.0 cm³/mol. The molecule has 7 heteroatoms. The smallest absolute Gasteiger partial charge is 0.419 e. The third-order valence-corrected chi connectivity index (χ3v) is 2.24. The summed E-state index contributed by atoms with van der Waals surface area (Å²) in [4.78, 5) is 0. The van der Waals surface area contributed by atoms with Gasteiger partial charge >= 0.3 is 6.18 Å². The fourth-order valence-corrected chi connectivity index (χ4v) is 1.33. The first-order valence-electron chi connectivity index (χ1n) is 5.13. The highest BCUT2D eigenvalue weighted by molar-refractivity contribution is 5.82. The largest absolute Gasteiger partial charge is 0.483 e. The molecule has 0 fully saturated rings. The van der Waals surface area contributed by atoms with Gasteiger partial charge in [0.1, 0.15) is 17.4 Å². The van der Waals surface area contributed by atoms with E-state index in [1.54, 1.807) is 6.92 Å². The third-order valence-electron chi connectivity index (χ3n) is 2.24. The third kappa shape index (κ3) is 3.35. The van der Waals surface area contributed by atoms with Crippen LogP contribution in [0.4, 0.5) is 17.6 Å². The van der Waals surface area contributed by atoms with E-state index in [4.69, 9.17) is 15.9 Å². The van der Waals surface area contributed by atoms with Crippen molar-refractivity contribution in [1.29, 1.82) is 5.41 Å². The normalized spacial score (nSPS) is 13.2. The number of hydrogen-bond acceptors (Lipinski definition) is 2. The monoisotopic (exact) mass is 264 g/mol. The van der Waals surface area contributed by atoms with Crippen molar-refractivity contribution in [2.24, 2.45) is 5.73 Å². The molecule has 0 aliphatic rings. The van der Waals surface area contributed by atoms with E-state index >= 15 is 0 Å². The molecule has 0 heterocycles. The Hall–Kier alpha value is -1.79. The van der Waals surface area contributed by atoms with Crippen LogP contribution in [0.5, 0.6) is 5.75 Å². The zero-order valence-electron chi connectivity index (χ0n) is 9.51. The maximum atomic E-state index is 13.0. The van der Waals surface area contributed by atoms with Gasteiger partial charge in [0.25, 0.3) is 0 Å². The molecule has 18 heavy (non-hydrogen) atoms. The summed E-state index contributed by atoms with van der Waals surface area (Å²) < 4.78 is 55.4. The molecular formula is C11H12F4N2O. The van der Waals surface area contributed by atoms with Crippen LogP contribution in [0.3, 0.4) is 0 Å². The summed E-state index contributed by atoms with van der Waals surface area (Å²) in [7, 11) is 0. The summed E-state index contributed by atoms with van der Waals surface area (Å²) in [5, 5.41) is 7.18. The lowest BCUT2D eigenvalue weighted by Gasteiger charge is -2.17. The Bertz CT molecular complexity index is 445. The van der Waals surface area contributed by atoms with Gasteiger partial charge in [0.05, 0.1) is 5.56 Å². The van der Waals surface area contributed by atoms with Gasteiger partial charge in [0.2, 0.25) is 0 Å².